The van der Waals surface area contributed by atoms with Crippen molar-refractivity contribution in [1.29, 1.82) is 0 Å². The van der Waals surface area contributed by atoms with Crippen molar-refractivity contribution in [3.8, 4) is 0 Å². The van der Waals surface area contributed by atoms with Crippen LogP contribution in [0, 0.1) is 5.92 Å². The van der Waals surface area contributed by atoms with E-state index in [-0.39, 0.29) is 0 Å². The molecule has 1 aromatic rings. The molecule has 2 saturated heterocycles. The zero-order chi connectivity index (χ0) is 15.9. The Morgan fingerprint density at radius 2 is 1.91 bits per heavy atom. The van der Waals surface area contributed by atoms with Crippen molar-refractivity contribution in [2.75, 3.05) is 46.1 Å². The van der Waals surface area contributed by atoms with Crippen LogP contribution in [0.5, 0.6) is 0 Å². The lowest BCUT2D eigenvalue weighted by molar-refractivity contribution is 0.0336. The predicted octanol–water partition coefficient (Wildman–Crippen LogP) is 2.46. The largest absolute Gasteiger partial charge is 0.381 e. The quantitative estimate of drug-likeness (QED) is 0.837. The van der Waals surface area contributed by atoms with Gasteiger partial charge in [-0.25, -0.2) is 0 Å². The van der Waals surface area contributed by atoms with Gasteiger partial charge in [-0.2, -0.15) is 0 Å². The molecule has 23 heavy (non-hydrogen) atoms. The zero-order valence-corrected chi connectivity index (χ0v) is 14.2. The lowest BCUT2D eigenvalue weighted by atomic mass is 9.93. The summed E-state index contributed by atoms with van der Waals surface area (Å²) in [6.45, 7) is 9.09. The molecule has 3 rings (SSSR count). The third-order valence-electron chi connectivity index (χ3n) is 4.92. The highest BCUT2D eigenvalue weighted by Gasteiger charge is 2.23. The number of rotatable bonds is 7. The molecule has 0 bridgehead atoms. The van der Waals surface area contributed by atoms with Crippen molar-refractivity contribution in [3.63, 3.8) is 0 Å². The second-order valence-corrected chi connectivity index (χ2v) is 6.91. The number of benzene rings is 1. The van der Waals surface area contributed by atoms with Gasteiger partial charge < -0.3 is 14.8 Å². The zero-order valence-electron chi connectivity index (χ0n) is 14.2. The van der Waals surface area contributed by atoms with E-state index in [1.54, 1.807) is 0 Å². The Kier molecular flexibility index (Phi) is 6.46. The number of nitrogens with zero attached hydrogens (tertiary/aromatic N) is 1. The second kappa shape index (κ2) is 8.78. The van der Waals surface area contributed by atoms with Gasteiger partial charge in [-0.1, -0.05) is 30.3 Å². The summed E-state index contributed by atoms with van der Waals surface area (Å²) in [5.41, 5.74) is 1.40. The Morgan fingerprint density at radius 3 is 2.61 bits per heavy atom. The Balaban J connectivity index is 1.57. The van der Waals surface area contributed by atoms with Gasteiger partial charge in [0.1, 0.15) is 0 Å². The average molecular weight is 318 g/mol. The van der Waals surface area contributed by atoms with E-state index in [0.717, 1.165) is 52.5 Å². The highest BCUT2D eigenvalue weighted by Crippen LogP contribution is 2.27. The predicted molar refractivity (Wildman–Crippen MR) is 92.6 cm³/mol. The summed E-state index contributed by atoms with van der Waals surface area (Å²) < 4.78 is 11.0. The third kappa shape index (κ3) is 5.28. The molecule has 0 saturated carbocycles. The summed E-state index contributed by atoms with van der Waals surface area (Å²) in [5, 5.41) is 3.87. The monoisotopic (exact) mass is 318 g/mol. The molecule has 2 fully saturated rings. The van der Waals surface area contributed by atoms with Crippen molar-refractivity contribution in [2.24, 2.45) is 5.92 Å². The van der Waals surface area contributed by atoms with Crippen LogP contribution in [0.25, 0.3) is 0 Å². The van der Waals surface area contributed by atoms with Crippen LogP contribution < -0.4 is 5.32 Å². The molecule has 0 amide bonds. The van der Waals surface area contributed by atoms with Crippen molar-refractivity contribution < 1.29 is 9.47 Å². The van der Waals surface area contributed by atoms with E-state index < -0.39 is 0 Å². The van der Waals surface area contributed by atoms with Crippen LogP contribution in [-0.2, 0) is 9.47 Å². The Morgan fingerprint density at radius 1 is 1.13 bits per heavy atom. The maximum atomic E-state index is 5.57. The van der Waals surface area contributed by atoms with E-state index in [2.05, 4.69) is 47.5 Å². The van der Waals surface area contributed by atoms with Crippen LogP contribution in [0.4, 0.5) is 0 Å². The smallest absolute Gasteiger partial charge is 0.0594 e. The first kappa shape index (κ1) is 16.9. The van der Waals surface area contributed by atoms with E-state index in [4.69, 9.17) is 9.47 Å². The molecule has 2 heterocycles. The molecule has 4 heteroatoms. The van der Waals surface area contributed by atoms with Gasteiger partial charge in [0.25, 0.3) is 0 Å². The maximum Gasteiger partial charge on any atom is 0.0594 e. The van der Waals surface area contributed by atoms with E-state index in [0.29, 0.717) is 18.0 Å². The molecule has 2 aliphatic rings. The number of ether oxygens (including phenoxy) is 2. The molecule has 3 atom stereocenters. The van der Waals surface area contributed by atoms with E-state index >= 15 is 0 Å². The Bertz CT molecular complexity index is 442. The first-order valence-electron chi connectivity index (χ1n) is 9.00. The summed E-state index contributed by atoms with van der Waals surface area (Å²) in [7, 11) is 0. The van der Waals surface area contributed by atoms with Gasteiger partial charge in [0, 0.05) is 44.9 Å². The molecule has 128 valence electrons. The third-order valence-corrected chi connectivity index (χ3v) is 4.92. The summed E-state index contributed by atoms with van der Waals surface area (Å²) >= 11 is 0. The summed E-state index contributed by atoms with van der Waals surface area (Å²) in [5.74, 6) is 0.684. The fourth-order valence-electron chi connectivity index (χ4n) is 3.66. The molecular weight excluding hydrogens is 288 g/mol. The lowest BCUT2D eigenvalue weighted by Gasteiger charge is -2.32. The first-order valence-corrected chi connectivity index (χ1v) is 9.00. The molecule has 1 N–H and O–H groups in total. The van der Waals surface area contributed by atoms with Gasteiger partial charge in [0.05, 0.1) is 13.2 Å². The van der Waals surface area contributed by atoms with Crippen LogP contribution in [0.15, 0.2) is 30.3 Å². The van der Waals surface area contributed by atoms with Gasteiger partial charge in [-0.3, -0.25) is 4.90 Å². The fraction of sp³-hybridized carbons (Fsp3) is 0.684. The number of morpholine rings is 1. The van der Waals surface area contributed by atoms with Gasteiger partial charge in [-0.15, -0.1) is 0 Å². The highest BCUT2D eigenvalue weighted by atomic mass is 16.5. The van der Waals surface area contributed by atoms with Crippen molar-refractivity contribution >= 4 is 0 Å². The van der Waals surface area contributed by atoms with Crippen molar-refractivity contribution in [3.05, 3.63) is 35.9 Å². The molecule has 0 aliphatic carbocycles. The lowest BCUT2D eigenvalue weighted by Crippen LogP contribution is -2.45. The standard InChI is InChI=1S/C19H30N2O2/c1-16(14-21-8-11-22-12-9-21)20-19(13-17-7-10-23-15-17)18-5-3-2-4-6-18/h2-6,16-17,19-20H,7-15H2,1H3/t16-,17+,19-/m1/s1. The Hall–Kier alpha value is -0.940. The molecule has 0 radical (unpaired) electrons. The molecular formula is C19H30N2O2. The molecule has 1 aromatic carbocycles. The molecule has 0 unspecified atom stereocenters. The van der Waals surface area contributed by atoms with Crippen LogP contribution >= 0.6 is 0 Å². The van der Waals surface area contributed by atoms with Gasteiger partial charge in [-0.05, 0) is 31.2 Å². The summed E-state index contributed by atoms with van der Waals surface area (Å²) in [4.78, 5) is 2.50. The van der Waals surface area contributed by atoms with Crippen LogP contribution in [-0.4, -0.2) is 57.0 Å². The van der Waals surface area contributed by atoms with Crippen LogP contribution in [0.2, 0.25) is 0 Å². The molecule has 2 aliphatic heterocycles. The molecule has 0 spiro atoms. The minimum Gasteiger partial charge on any atom is -0.381 e. The van der Waals surface area contributed by atoms with Crippen LogP contribution in [0.1, 0.15) is 31.4 Å². The average Bonchev–Trinajstić information content (AvgIpc) is 3.09. The Labute approximate surface area is 140 Å². The minimum absolute atomic E-state index is 0.416. The normalized spacial score (nSPS) is 25.3. The second-order valence-electron chi connectivity index (χ2n) is 6.91. The molecule has 0 aromatic heterocycles. The maximum absolute atomic E-state index is 5.57. The number of hydrogen-bond acceptors (Lipinski definition) is 4. The topological polar surface area (TPSA) is 33.7 Å². The SMILES string of the molecule is C[C@H](CN1CCOCC1)N[C@H](C[C@@H]1CCOC1)c1ccccc1. The number of hydrogen-bond donors (Lipinski definition) is 1. The number of nitrogens with one attached hydrogen (secondary N) is 1. The van der Waals surface area contributed by atoms with Gasteiger partial charge in [0.15, 0.2) is 0 Å². The first-order chi connectivity index (χ1) is 11.3. The minimum atomic E-state index is 0.416. The summed E-state index contributed by atoms with van der Waals surface area (Å²) in [6.07, 6.45) is 2.36. The van der Waals surface area contributed by atoms with E-state index in [9.17, 15) is 0 Å². The van der Waals surface area contributed by atoms with E-state index in [1.165, 1.54) is 12.0 Å². The van der Waals surface area contributed by atoms with Gasteiger partial charge >= 0.3 is 0 Å². The van der Waals surface area contributed by atoms with Crippen molar-refractivity contribution in [1.82, 2.24) is 10.2 Å². The molecule has 4 nitrogen and oxygen atoms in total. The van der Waals surface area contributed by atoms with Gasteiger partial charge in [0.2, 0.25) is 0 Å². The van der Waals surface area contributed by atoms with Crippen molar-refractivity contribution in [2.45, 2.75) is 31.8 Å². The summed E-state index contributed by atoms with van der Waals surface area (Å²) in [6, 6.07) is 11.8. The van der Waals surface area contributed by atoms with Crippen LogP contribution in [0.3, 0.4) is 0 Å². The van der Waals surface area contributed by atoms with E-state index in [1.807, 2.05) is 0 Å². The highest BCUT2D eigenvalue weighted by molar-refractivity contribution is 5.19. The fourth-order valence-corrected chi connectivity index (χ4v) is 3.66.